The van der Waals surface area contributed by atoms with Gasteiger partial charge in [0.15, 0.2) is 0 Å². The summed E-state index contributed by atoms with van der Waals surface area (Å²) >= 11 is 6.26. The monoisotopic (exact) mass is 916 g/mol. The van der Waals surface area contributed by atoms with Crippen LogP contribution in [0.4, 0.5) is 14.4 Å². The number of halogens is 1. The molecule has 3 aromatic rings. The minimum Gasteiger partial charge on any atom is -0.453 e. The van der Waals surface area contributed by atoms with Crippen LogP contribution in [-0.2, 0) is 32.2 Å². The fourth-order valence-corrected chi connectivity index (χ4v) is 9.73. The second-order valence-corrected chi connectivity index (χ2v) is 18.6. The zero-order valence-corrected chi connectivity index (χ0v) is 39.0. The molecule has 5 aliphatic rings. The van der Waals surface area contributed by atoms with Crippen LogP contribution < -0.4 is 10.6 Å². The van der Waals surface area contributed by atoms with E-state index in [2.05, 4.69) is 59.2 Å². The molecule has 2 fully saturated rings. The van der Waals surface area contributed by atoms with E-state index in [9.17, 15) is 24.0 Å². The van der Waals surface area contributed by atoms with Crippen LogP contribution in [0, 0.1) is 11.8 Å². The van der Waals surface area contributed by atoms with Gasteiger partial charge in [0.25, 0.3) is 0 Å². The van der Waals surface area contributed by atoms with Crippen molar-refractivity contribution in [2.24, 2.45) is 21.8 Å². The molecule has 4 atom stereocenters. The SMILES string of the molecule is COC(=O)N[C@H](C(=O)N1CCC[C@H]1C1=NC=C(c2ccc(-c3ccc(C4=CN=C([C@@H]5CN(C(=O)N6Cc7ccc(Cl)cc7C6)CN5C(=O)[C@@H](NC(=O)OC)C(C)C)C4)cc3)cc2)C1)C(C)C. The number of ether oxygens (including phenoxy) is 2. The summed E-state index contributed by atoms with van der Waals surface area (Å²) in [6.07, 6.45) is 5.25. The number of hydrogen-bond acceptors (Lipinski definition) is 9. The van der Waals surface area contributed by atoms with Gasteiger partial charge in [0.1, 0.15) is 12.1 Å². The zero-order valence-electron chi connectivity index (χ0n) is 38.3. The van der Waals surface area contributed by atoms with Crippen molar-refractivity contribution < 1.29 is 33.4 Å². The summed E-state index contributed by atoms with van der Waals surface area (Å²) in [5.41, 5.74) is 10.0. The number of alkyl carbamates (subject to hydrolysis) is 2. The fourth-order valence-electron chi connectivity index (χ4n) is 9.54. The third kappa shape index (κ3) is 9.58. The van der Waals surface area contributed by atoms with E-state index < -0.39 is 30.3 Å². The van der Waals surface area contributed by atoms with E-state index in [1.165, 1.54) is 14.2 Å². The van der Waals surface area contributed by atoms with Gasteiger partial charge in [-0.1, -0.05) is 93.9 Å². The van der Waals surface area contributed by atoms with Gasteiger partial charge in [-0.25, -0.2) is 14.4 Å². The van der Waals surface area contributed by atoms with Crippen molar-refractivity contribution in [3.8, 4) is 11.1 Å². The zero-order chi connectivity index (χ0) is 46.8. The first-order chi connectivity index (χ1) is 31.7. The molecular weight excluding hydrogens is 860 g/mol. The van der Waals surface area contributed by atoms with E-state index in [1.807, 2.05) is 63.2 Å². The average molecular weight is 918 g/mol. The average Bonchev–Trinajstić information content (AvgIpc) is 4.18. The van der Waals surface area contributed by atoms with Gasteiger partial charge in [-0.3, -0.25) is 19.6 Å². The van der Waals surface area contributed by atoms with Crippen molar-refractivity contribution in [1.82, 2.24) is 30.2 Å². The number of rotatable bonds is 11. The van der Waals surface area contributed by atoms with Crippen LogP contribution in [0.15, 0.2) is 89.1 Å². The third-order valence-corrected chi connectivity index (χ3v) is 13.5. The molecule has 0 radical (unpaired) electrons. The second-order valence-electron chi connectivity index (χ2n) is 18.2. The van der Waals surface area contributed by atoms with E-state index in [0.717, 1.165) is 68.8 Å². The summed E-state index contributed by atoms with van der Waals surface area (Å²) in [6.45, 7) is 9.33. The number of hydrogen-bond donors (Lipinski definition) is 2. The Morgan fingerprint density at radius 3 is 1.68 bits per heavy atom. The van der Waals surface area contributed by atoms with Crippen LogP contribution >= 0.6 is 11.6 Å². The molecule has 0 spiro atoms. The molecule has 8 rings (SSSR count). The number of nitrogens with zero attached hydrogens (tertiary/aromatic N) is 6. The van der Waals surface area contributed by atoms with Crippen LogP contribution in [0.1, 0.15) is 75.6 Å². The van der Waals surface area contributed by atoms with Gasteiger partial charge >= 0.3 is 18.2 Å². The molecule has 0 aromatic heterocycles. The second kappa shape index (κ2) is 19.5. The number of amides is 6. The summed E-state index contributed by atoms with van der Waals surface area (Å²) in [7, 11) is 2.55. The van der Waals surface area contributed by atoms with Gasteiger partial charge in [0.05, 0.1) is 39.5 Å². The molecule has 0 saturated carbocycles. The molecule has 5 aliphatic heterocycles. The standard InChI is InChI=1S/C50H57ClN8O7/c1-29(2)44(54-48(62)65-5)46(60)58-19-7-8-42(58)40-21-36(23-52-40)33-13-9-31(10-14-33)32-11-15-34(16-12-32)37-22-41(53-24-37)43-27-57(28-59(43)47(61)45(30(3)4)55-49(63)66-6)50(64)56-25-35-17-18-39(51)20-38(35)26-56/h9-18,20,23-24,29-30,42-45H,7-8,19,21-22,25-28H2,1-6H3,(H,54,62)(H,55,63)/t42-,43-,44-,45-/m0/s1. The van der Waals surface area contributed by atoms with Gasteiger partial charge in [-0.15, -0.1) is 0 Å². The summed E-state index contributed by atoms with van der Waals surface area (Å²) in [6, 6.07) is 20.0. The molecule has 15 nitrogen and oxygen atoms in total. The summed E-state index contributed by atoms with van der Waals surface area (Å²) in [5, 5.41) is 6.04. The predicted octanol–water partition coefficient (Wildman–Crippen LogP) is 7.74. The number of methoxy groups -OCH3 is 2. The lowest BCUT2D eigenvalue weighted by Crippen LogP contribution is -2.54. The normalized spacial score (nSPS) is 19.9. The lowest BCUT2D eigenvalue weighted by molar-refractivity contribution is -0.135. The quantitative estimate of drug-likeness (QED) is 0.199. The Kier molecular flexibility index (Phi) is 13.6. The van der Waals surface area contributed by atoms with Gasteiger partial charge < -0.3 is 39.7 Å². The molecule has 346 valence electrons. The maximum atomic E-state index is 14.3. The van der Waals surface area contributed by atoms with Gasteiger partial charge in [-0.2, -0.15) is 0 Å². The topological polar surface area (TPSA) is 166 Å². The highest BCUT2D eigenvalue weighted by Gasteiger charge is 2.45. The maximum absolute atomic E-state index is 14.3. The molecule has 5 heterocycles. The molecule has 0 bridgehead atoms. The number of allylic oxidation sites excluding steroid dienone is 2. The molecule has 6 amide bonds. The van der Waals surface area contributed by atoms with E-state index >= 15 is 0 Å². The van der Waals surface area contributed by atoms with Crippen molar-refractivity contribution in [3.63, 3.8) is 0 Å². The van der Waals surface area contributed by atoms with Crippen LogP contribution in [0.25, 0.3) is 22.3 Å². The highest BCUT2D eigenvalue weighted by atomic mass is 35.5. The van der Waals surface area contributed by atoms with Crippen molar-refractivity contribution in [2.75, 3.05) is 34.0 Å². The Bertz CT molecular complexity index is 2520. The lowest BCUT2D eigenvalue weighted by atomic mass is 9.94. The number of carbonyl (C=O) groups excluding carboxylic acids is 5. The predicted molar refractivity (Wildman–Crippen MR) is 253 cm³/mol. The molecule has 2 N–H and O–H groups in total. The maximum Gasteiger partial charge on any atom is 0.407 e. The molecule has 0 unspecified atom stereocenters. The Morgan fingerprint density at radius 1 is 0.652 bits per heavy atom. The Morgan fingerprint density at radius 2 is 1.15 bits per heavy atom. The highest BCUT2D eigenvalue weighted by Crippen LogP contribution is 2.35. The van der Waals surface area contributed by atoms with Crippen LogP contribution in [0.3, 0.4) is 0 Å². The van der Waals surface area contributed by atoms with Crippen molar-refractivity contribution in [1.29, 1.82) is 0 Å². The lowest BCUT2D eigenvalue weighted by Gasteiger charge is -2.31. The van der Waals surface area contributed by atoms with E-state index in [1.54, 1.807) is 14.7 Å². The largest absolute Gasteiger partial charge is 0.453 e. The first-order valence-electron chi connectivity index (χ1n) is 22.6. The van der Waals surface area contributed by atoms with Gasteiger partial charge in [0, 0.05) is 61.3 Å². The minimum absolute atomic E-state index is 0.0476. The summed E-state index contributed by atoms with van der Waals surface area (Å²) in [5.74, 6) is -0.772. The Labute approximate surface area is 390 Å². The molecule has 2 saturated heterocycles. The van der Waals surface area contributed by atoms with Crippen LogP contribution in [0.2, 0.25) is 5.02 Å². The van der Waals surface area contributed by atoms with Crippen LogP contribution in [-0.4, -0.2) is 119 Å². The molecular formula is C50H57ClN8O7. The number of aliphatic imine (C=N–C) groups is 2. The minimum atomic E-state index is -0.869. The van der Waals surface area contributed by atoms with Crippen LogP contribution in [0.5, 0.6) is 0 Å². The molecule has 16 heteroatoms. The van der Waals surface area contributed by atoms with Crippen molar-refractivity contribution >= 4 is 64.2 Å². The first-order valence-corrected chi connectivity index (χ1v) is 22.9. The van der Waals surface area contributed by atoms with E-state index in [0.29, 0.717) is 37.5 Å². The number of fused-ring (bicyclic) bond motifs is 1. The number of benzene rings is 3. The summed E-state index contributed by atoms with van der Waals surface area (Å²) < 4.78 is 9.63. The highest BCUT2D eigenvalue weighted by molar-refractivity contribution is 6.30. The number of nitrogens with one attached hydrogen (secondary N) is 2. The van der Waals surface area contributed by atoms with Crippen molar-refractivity contribution in [2.45, 2.75) is 90.6 Å². The third-order valence-electron chi connectivity index (χ3n) is 13.3. The molecule has 3 aromatic carbocycles. The smallest absolute Gasteiger partial charge is 0.407 e. The Balaban J connectivity index is 0.906. The van der Waals surface area contributed by atoms with E-state index in [-0.39, 0.29) is 48.9 Å². The van der Waals surface area contributed by atoms with Crippen molar-refractivity contribution in [3.05, 3.63) is 106 Å². The number of carbonyl (C=O) groups is 5. The molecule has 66 heavy (non-hydrogen) atoms. The number of urea groups is 1. The summed E-state index contributed by atoms with van der Waals surface area (Å²) in [4.78, 5) is 82.9. The van der Waals surface area contributed by atoms with E-state index in [4.69, 9.17) is 31.1 Å². The number of likely N-dealkylation sites (tertiary alicyclic amines) is 1. The molecule has 0 aliphatic carbocycles. The fraction of sp³-hybridized carbons (Fsp3) is 0.420. The van der Waals surface area contributed by atoms with Gasteiger partial charge in [-0.05, 0) is 81.3 Å². The first kappa shape index (κ1) is 46.1. The Hall–Kier alpha value is -6.48. The van der Waals surface area contributed by atoms with Gasteiger partial charge in [0.2, 0.25) is 11.8 Å².